The number of likely N-dealkylation sites (tertiary alicyclic amines) is 1. The van der Waals surface area contributed by atoms with E-state index in [1.807, 2.05) is 47.6 Å². The number of rotatable bonds is 4. The number of pyridine rings is 1. The Balaban J connectivity index is 1.77. The lowest BCUT2D eigenvalue weighted by molar-refractivity contribution is -0.119. The summed E-state index contributed by atoms with van der Waals surface area (Å²) in [5, 5.41) is 0. The van der Waals surface area contributed by atoms with Crippen molar-refractivity contribution >= 4 is 11.8 Å². The van der Waals surface area contributed by atoms with E-state index in [4.69, 9.17) is 5.73 Å². The van der Waals surface area contributed by atoms with Crippen molar-refractivity contribution in [1.82, 2.24) is 14.5 Å². The second kappa shape index (κ2) is 7.09. The quantitative estimate of drug-likeness (QED) is 0.926. The van der Waals surface area contributed by atoms with Gasteiger partial charge in [0.05, 0.1) is 5.56 Å². The summed E-state index contributed by atoms with van der Waals surface area (Å²) < 4.78 is 2.01. The third kappa shape index (κ3) is 3.57. The molecule has 1 aliphatic heterocycles. The fourth-order valence-electron chi connectivity index (χ4n) is 3.61. The minimum absolute atomic E-state index is 0.0489. The minimum atomic E-state index is -0.260. The number of aromatic nitrogens is 2. The van der Waals surface area contributed by atoms with Gasteiger partial charge in [-0.15, -0.1) is 0 Å². The van der Waals surface area contributed by atoms with Crippen LogP contribution in [-0.2, 0) is 4.79 Å². The van der Waals surface area contributed by atoms with E-state index < -0.39 is 0 Å². The van der Waals surface area contributed by atoms with E-state index >= 15 is 0 Å². The number of primary amides is 1. The van der Waals surface area contributed by atoms with Gasteiger partial charge in [0.2, 0.25) is 5.91 Å². The molecule has 2 aromatic rings. The molecule has 0 spiro atoms. The molecule has 3 heterocycles. The highest BCUT2D eigenvalue weighted by atomic mass is 16.2. The van der Waals surface area contributed by atoms with Crippen molar-refractivity contribution in [2.24, 2.45) is 11.7 Å². The number of amides is 2. The van der Waals surface area contributed by atoms with E-state index in [1.54, 1.807) is 6.20 Å². The molecule has 3 rings (SSSR count). The van der Waals surface area contributed by atoms with Crippen LogP contribution in [-0.4, -0.2) is 39.4 Å². The van der Waals surface area contributed by atoms with Crippen molar-refractivity contribution in [2.75, 3.05) is 13.1 Å². The summed E-state index contributed by atoms with van der Waals surface area (Å²) in [5.74, 6) is 0.899. The first-order chi connectivity index (χ1) is 12.0. The number of piperidine rings is 1. The summed E-state index contributed by atoms with van der Waals surface area (Å²) in [7, 11) is 0. The highest BCUT2D eigenvalue weighted by Gasteiger charge is 2.27. The molecular weight excluding hydrogens is 316 g/mol. The van der Waals surface area contributed by atoms with Crippen molar-refractivity contribution < 1.29 is 9.59 Å². The number of aryl methyl sites for hydroxylation is 1. The third-order valence-electron chi connectivity index (χ3n) is 4.93. The average Bonchev–Trinajstić information content (AvgIpc) is 2.89. The van der Waals surface area contributed by atoms with Gasteiger partial charge >= 0.3 is 0 Å². The molecule has 2 N–H and O–H groups in total. The van der Waals surface area contributed by atoms with Gasteiger partial charge in [-0.3, -0.25) is 9.59 Å². The van der Waals surface area contributed by atoms with Gasteiger partial charge in [-0.1, -0.05) is 6.07 Å². The summed E-state index contributed by atoms with van der Waals surface area (Å²) in [6.07, 6.45) is 3.82. The molecule has 132 valence electrons. The molecule has 1 saturated heterocycles. The van der Waals surface area contributed by atoms with E-state index in [-0.39, 0.29) is 11.8 Å². The van der Waals surface area contributed by atoms with Gasteiger partial charge in [-0.05, 0) is 50.8 Å². The normalized spacial score (nSPS) is 15.4. The van der Waals surface area contributed by atoms with Gasteiger partial charge in [0, 0.05) is 37.1 Å². The van der Waals surface area contributed by atoms with Crippen molar-refractivity contribution in [3.8, 4) is 5.82 Å². The first-order valence-corrected chi connectivity index (χ1v) is 8.65. The largest absolute Gasteiger partial charge is 0.370 e. The maximum atomic E-state index is 12.9. The molecule has 0 radical (unpaired) electrons. The molecule has 0 bridgehead atoms. The predicted octanol–water partition coefficient (Wildman–Crippen LogP) is 2.22. The molecule has 1 fully saturated rings. The van der Waals surface area contributed by atoms with Crippen LogP contribution >= 0.6 is 0 Å². The Hall–Kier alpha value is -2.63. The maximum Gasteiger partial charge on any atom is 0.255 e. The number of carbonyl (C=O) groups is 2. The zero-order valence-electron chi connectivity index (χ0n) is 14.7. The number of carbonyl (C=O) groups excluding carboxylic acids is 2. The first-order valence-electron chi connectivity index (χ1n) is 8.65. The highest BCUT2D eigenvalue weighted by molar-refractivity contribution is 5.96. The lowest BCUT2D eigenvalue weighted by Gasteiger charge is -2.31. The van der Waals surface area contributed by atoms with Crippen LogP contribution in [0.4, 0.5) is 0 Å². The SMILES string of the molecule is Cc1cc(C(=O)N2CCC(CC(N)=O)CC2)c(C)n1-c1ccccn1. The van der Waals surface area contributed by atoms with E-state index in [0.29, 0.717) is 25.4 Å². The topological polar surface area (TPSA) is 81.2 Å². The molecule has 0 aliphatic carbocycles. The molecule has 0 aromatic carbocycles. The molecule has 0 saturated carbocycles. The fraction of sp³-hybridized carbons (Fsp3) is 0.421. The van der Waals surface area contributed by atoms with Crippen LogP contribution in [0.15, 0.2) is 30.5 Å². The van der Waals surface area contributed by atoms with Crippen LogP contribution in [0.1, 0.15) is 41.0 Å². The highest BCUT2D eigenvalue weighted by Crippen LogP contribution is 2.25. The molecular formula is C19H24N4O2. The summed E-state index contributed by atoms with van der Waals surface area (Å²) >= 11 is 0. The summed E-state index contributed by atoms with van der Waals surface area (Å²) in [6.45, 7) is 5.28. The van der Waals surface area contributed by atoms with Crippen molar-refractivity contribution in [1.29, 1.82) is 0 Å². The van der Waals surface area contributed by atoms with Gasteiger partial charge in [0.15, 0.2) is 0 Å². The zero-order valence-corrected chi connectivity index (χ0v) is 14.7. The van der Waals surface area contributed by atoms with E-state index in [1.165, 1.54) is 0 Å². The van der Waals surface area contributed by atoms with Gasteiger partial charge in [0.1, 0.15) is 5.82 Å². The maximum absolute atomic E-state index is 12.9. The Kier molecular flexibility index (Phi) is 4.88. The summed E-state index contributed by atoms with van der Waals surface area (Å²) in [5.41, 5.74) is 7.89. The van der Waals surface area contributed by atoms with Gasteiger partial charge in [-0.2, -0.15) is 0 Å². The van der Waals surface area contributed by atoms with E-state index in [2.05, 4.69) is 4.98 Å². The number of nitrogens with zero attached hydrogens (tertiary/aromatic N) is 3. The molecule has 6 heteroatoms. The van der Waals surface area contributed by atoms with Gasteiger partial charge in [0.25, 0.3) is 5.91 Å². The van der Waals surface area contributed by atoms with Crippen molar-refractivity contribution in [3.63, 3.8) is 0 Å². The van der Waals surface area contributed by atoms with Crippen LogP contribution in [0, 0.1) is 19.8 Å². The van der Waals surface area contributed by atoms with Crippen LogP contribution in [0.25, 0.3) is 5.82 Å². The van der Waals surface area contributed by atoms with E-state index in [9.17, 15) is 9.59 Å². The number of nitrogens with two attached hydrogens (primary N) is 1. The first kappa shape index (κ1) is 17.2. The van der Waals surface area contributed by atoms with E-state index in [0.717, 1.165) is 35.6 Å². The zero-order chi connectivity index (χ0) is 18.0. The van der Waals surface area contributed by atoms with Crippen LogP contribution < -0.4 is 5.73 Å². The molecule has 0 unspecified atom stereocenters. The molecule has 2 aromatic heterocycles. The summed E-state index contributed by atoms with van der Waals surface area (Å²) in [6, 6.07) is 7.68. The monoisotopic (exact) mass is 340 g/mol. The Labute approximate surface area is 147 Å². The van der Waals surface area contributed by atoms with Crippen molar-refractivity contribution in [2.45, 2.75) is 33.1 Å². The van der Waals surface area contributed by atoms with Gasteiger partial charge in [-0.25, -0.2) is 4.98 Å². The third-order valence-corrected chi connectivity index (χ3v) is 4.93. The average molecular weight is 340 g/mol. The number of hydrogen-bond donors (Lipinski definition) is 1. The minimum Gasteiger partial charge on any atom is -0.370 e. The molecule has 6 nitrogen and oxygen atoms in total. The Morgan fingerprint density at radius 3 is 2.56 bits per heavy atom. The van der Waals surface area contributed by atoms with Crippen LogP contribution in [0.5, 0.6) is 0 Å². The molecule has 2 amide bonds. The summed E-state index contributed by atoms with van der Waals surface area (Å²) in [4.78, 5) is 30.3. The fourth-order valence-corrected chi connectivity index (χ4v) is 3.61. The lowest BCUT2D eigenvalue weighted by Crippen LogP contribution is -2.39. The second-order valence-electron chi connectivity index (χ2n) is 6.71. The molecule has 1 aliphatic rings. The Bertz CT molecular complexity index is 774. The predicted molar refractivity (Wildman–Crippen MR) is 95.5 cm³/mol. The lowest BCUT2D eigenvalue weighted by atomic mass is 9.93. The Morgan fingerprint density at radius 1 is 1.24 bits per heavy atom. The smallest absolute Gasteiger partial charge is 0.255 e. The standard InChI is InChI=1S/C19H24N4O2/c1-13-11-16(14(2)23(13)18-5-3-4-8-21-18)19(25)22-9-6-15(7-10-22)12-17(20)24/h3-5,8,11,15H,6-7,9-10,12H2,1-2H3,(H2,20,24). The Morgan fingerprint density at radius 2 is 1.96 bits per heavy atom. The van der Waals surface area contributed by atoms with Crippen LogP contribution in [0.3, 0.4) is 0 Å². The second-order valence-corrected chi connectivity index (χ2v) is 6.71. The number of hydrogen-bond acceptors (Lipinski definition) is 3. The van der Waals surface area contributed by atoms with Crippen molar-refractivity contribution in [3.05, 3.63) is 47.4 Å². The molecule has 25 heavy (non-hydrogen) atoms. The molecule has 0 atom stereocenters. The van der Waals surface area contributed by atoms with Crippen LogP contribution in [0.2, 0.25) is 0 Å². The van der Waals surface area contributed by atoms with Gasteiger partial charge < -0.3 is 15.2 Å².